The fourth-order valence-corrected chi connectivity index (χ4v) is 2.51. The van der Waals surface area contributed by atoms with Crippen molar-refractivity contribution in [1.29, 1.82) is 0 Å². The van der Waals surface area contributed by atoms with Gasteiger partial charge in [0.25, 0.3) is 5.56 Å². The highest BCUT2D eigenvalue weighted by atomic mass is 79.9. The van der Waals surface area contributed by atoms with E-state index in [0.717, 1.165) is 11.0 Å². The highest BCUT2D eigenvalue weighted by Gasteiger charge is 2.07. The van der Waals surface area contributed by atoms with Gasteiger partial charge in [-0.05, 0) is 30.2 Å². The van der Waals surface area contributed by atoms with Crippen molar-refractivity contribution in [3.63, 3.8) is 0 Å². The minimum atomic E-state index is -0.410. The van der Waals surface area contributed by atoms with E-state index < -0.39 is 5.82 Å². The number of halogens is 2. The molecule has 2 aromatic rings. The van der Waals surface area contributed by atoms with Gasteiger partial charge < -0.3 is 4.57 Å². The van der Waals surface area contributed by atoms with Crippen LogP contribution >= 0.6 is 15.9 Å². The van der Waals surface area contributed by atoms with Gasteiger partial charge in [-0.3, -0.25) is 9.36 Å². The predicted octanol–water partition coefficient (Wildman–Crippen LogP) is 2.37. The minimum Gasteiger partial charge on any atom is -0.300 e. The van der Waals surface area contributed by atoms with E-state index in [1.54, 1.807) is 6.07 Å². The number of rotatable bonds is 4. The minimum absolute atomic E-state index is 0.0541. The lowest BCUT2D eigenvalue weighted by molar-refractivity contribution is 0.568. The van der Waals surface area contributed by atoms with E-state index in [0.29, 0.717) is 16.6 Å². The van der Waals surface area contributed by atoms with Gasteiger partial charge in [0.2, 0.25) is 0 Å². The fourth-order valence-electron chi connectivity index (χ4n) is 2.00. The molecule has 0 saturated carbocycles. The molecule has 0 aliphatic carbocycles. The Morgan fingerprint density at radius 1 is 1.25 bits per heavy atom. The van der Waals surface area contributed by atoms with E-state index in [9.17, 15) is 14.0 Å². The second kappa shape index (κ2) is 6.17. The van der Waals surface area contributed by atoms with E-state index in [1.165, 1.54) is 29.0 Å². The first-order valence-electron chi connectivity index (χ1n) is 6.26. The SMILES string of the molecule is CCCn1ccc(=O)n(Cc2cc(F)cc(Br)c2)c1=O. The lowest BCUT2D eigenvalue weighted by Crippen LogP contribution is -2.39. The summed E-state index contributed by atoms with van der Waals surface area (Å²) in [5, 5.41) is 0. The molecule has 2 rings (SSSR count). The second-order valence-corrected chi connectivity index (χ2v) is 5.41. The summed E-state index contributed by atoms with van der Waals surface area (Å²) in [6.45, 7) is 2.55. The quantitative estimate of drug-likeness (QED) is 0.857. The zero-order valence-corrected chi connectivity index (χ0v) is 12.6. The number of nitrogens with zero attached hydrogens (tertiary/aromatic N) is 2. The third-order valence-corrected chi connectivity index (χ3v) is 3.33. The summed E-state index contributed by atoms with van der Waals surface area (Å²) in [7, 11) is 0. The van der Waals surface area contributed by atoms with Gasteiger partial charge in [-0.1, -0.05) is 22.9 Å². The third kappa shape index (κ3) is 3.25. The summed E-state index contributed by atoms with van der Waals surface area (Å²) in [5.41, 5.74) is -0.201. The molecule has 20 heavy (non-hydrogen) atoms. The molecular formula is C14H14BrFN2O2. The lowest BCUT2D eigenvalue weighted by Gasteiger charge is -2.09. The van der Waals surface area contributed by atoms with Crippen LogP contribution in [-0.4, -0.2) is 9.13 Å². The summed E-state index contributed by atoms with van der Waals surface area (Å²) >= 11 is 3.19. The largest absolute Gasteiger partial charge is 0.331 e. The van der Waals surface area contributed by atoms with Crippen molar-refractivity contribution in [2.45, 2.75) is 26.4 Å². The lowest BCUT2D eigenvalue weighted by atomic mass is 10.2. The maximum absolute atomic E-state index is 13.3. The van der Waals surface area contributed by atoms with Crippen LogP contribution in [0.1, 0.15) is 18.9 Å². The van der Waals surface area contributed by atoms with Crippen molar-refractivity contribution in [3.05, 3.63) is 67.2 Å². The number of aryl methyl sites for hydroxylation is 1. The van der Waals surface area contributed by atoms with Gasteiger partial charge in [0.1, 0.15) is 5.82 Å². The Morgan fingerprint density at radius 3 is 2.65 bits per heavy atom. The van der Waals surface area contributed by atoms with Crippen LogP contribution in [0.5, 0.6) is 0 Å². The van der Waals surface area contributed by atoms with Crippen molar-refractivity contribution in [1.82, 2.24) is 9.13 Å². The Balaban J connectivity index is 2.45. The second-order valence-electron chi connectivity index (χ2n) is 4.49. The van der Waals surface area contributed by atoms with Gasteiger partial charge in [-0.25, -0.2) is 9.18 Å². The van der Waals surface area contributed by atoms with Gasteiger partial charge in [0.15, 0.2) is 0 Å². The molecule has 1 aromatic heterocycles. The first-order valence-corrected chi connectivity index (χ1v) is 7.06. The smallest absolute Gasteiger partial charge is 0.300 e. The molecule has 1 aromatic carbocycles. The van der Waals surface area contributed by atoms with E-state index in [1.807, 2.05) is 6.92 Å². The molecule has 0 aliphatic heterocycles. The van der Waals surface area contributed by atoms with Crippen LogP contribution in [0.2, 0.25) is 0 Å². The summed E-state index contributed by atoms with van der Waals surface area (Å²) in [6, 6.07) is 5.68. The van der Waals surface area contributed by atoms with Crippen LogP contribution in [0.3, 0.4) is 0 Å². The van der Waals surface area contributed by atoms with Gasteiger partial charge >= 0.3 is 5.69 Å². The number of benzene rings is 1. The number of hydrogen-bond donors (Lipinski definition) is 0. The molecular weight excluding hydrogens is 327 g/mol. The molecule has 0 saturated heterocycles. The molecule has 0 N–H and O–H groups in total. The van der Waals surface area contributed by atoms with Crippen LogP contribution < -0.4 is 11.2 Å². The maximum atomic E-state index is 13.3. The summed E-state index contributed by atoms with van der Waals surface area (Å²) in [4.78, 5) is 24.0. The van der Waals surface area contributed by atoms with E-state index in [2.05, 4.69) is 15.9 Å². The molecule has 0 aliphatic rings. The van der Waals surface area contributed by atoms with Crippen LogP contribution in [0.15, 0.2) is 44.5 Å². The number of aromatic nitrogens is 2. The normalized spacial score (nSPS) is 10.8. The van der Waals surface area contributed by atoms with Crippen LogP contribution in [-0.2, 0) is 13.1 Å². The zero-order valence-electron chi connectivity index (χ0n) is 11.0. The first kappa shape index (κ1) is 14.7. The van der Waals surface area contributed by atoms with E-state index in [4.69, 9.17) is 0 Å². The highest BCUT2D eigenvalue weighted by Crippen LogP contribution is 2.15. The average molecular weight is 341 g/mol. The molecule has 0 fully saturated rings. The van der Waals surface area contributed by atoms with Crippen LogP contribution in [0.4, 0.5) is 4.39 Å². The Hall–Kier alpha value is -1.69. The summed E-state index contributed by atoms with van der Waals surface area (Å²) in [6.07, 6.45) is 2.29. The molecule has 0 radical (unpaired) electrons. The molecule has 0 amide bonds. The van der Waals surface area contributed by atoms with E-state index in [-0.39, 0.29) is 17.8 Å². The van der Waals surface area contributed by atoms with Gasteiger partial charge in [-0.2, -0.15) is 0 Å². The standard InChI is InChI=1S/C14H14BrFN2O2/c1-2-4-17-5-3-13(19)18(14(17)20)9-10-6-11(15)8-12(16)7-10/h3,5-8H,2,4,9H2,1H3. The van der Waals surface area contributed by atoms with Crippen LogP contribution in [0.25, 0.3) is 0 Å². The van der Waals surface area contributed by atoms with Gasteiger partial charge in [0.05, 0.1) is 6.54 Å². The molecule has 0 atom stereocenters. The summed E-state index contributed by atoms with van der Waals surface area (Å²) in [5.74, 6) is -0.410. The summed E-state index contributed by atoms with van der Waals surface area (Å²) < 4.78 is 16.5. The molecule has 106 valence electrons. The molecule has 4 nitrogen and oxygen atoms in total. The molecule has 6 heteroatoms. The Bertz CT molecular complexity index is 716. The van der Waals surface area contributed by atoms with Crippen molar-refractivity contribution in [2.24, 2.45) is 0 Å². The van der Waals surface area contributed by atoms with Crippen LogP contribution in [0, 0.1) is 5.82 Å². The highest BCUT2D eigenvalue weighted by molar-refractivity contribution is 9.10. The topological polar surface area (TPSA) is 44.0 Å². The monoisotopic (exact) mass is 340 g/mol. The fraction of sp³-hybridized carbons (Fsp3) is 0.286. The molecule has 0 unspecified atom stereocenters. The first-order chi connectivity index (χ1) is 9.51. The number of hydrogen-bond acceptors (Lipinski definition) is 2. The predicted molar refractivity (Wildman–Crippen MR) is 78.5 cm³/mol. The third-order valence-electron chi connectivity index (χ3n) is 2.87. The Kier molecular flexibility index (Phi) is 4.54. The van der Waals surface area contributed by atoms with Gasteiger partial charge in [0, 0.05) is 23.3 Å². The molecule has 1 heterocycles. The average Bonchev–Trinajstić information content (AvgIpc) is 2.37. The molecule has 0 bridgehead atoms. The molecule has 0 spiro atoms. The van der Waals surface area contributed by atoms with Crippen molar-refractivity contribution in [2.75, 3.05) is 0 Å². The van der Waals surface area contributed by atoms with Crippen molar-refractivity contribution >= 4 is 15.9 Å². The van der Waals surface area contributed by atoms with Crippen molar-refractivity contribution < 1.29 is 4.39 Å². The Labute approximate surface area is 123 Å². The van der Waals surface area contributed by atoms with Crippen molar-refractivity contribution in [3.8, 4) is 0 Å². The Morgan fingerprint density at radius 2 is 2.00 bits per heavy atom. The maximum Gasteiger partial charge on any atom is 0.331 e. The zero-order chi connectivity index (χ0) is 14.7. The van der Waals surface area contributed by atoms with E-state index >= 15 is 0 Å². The van der Waals surface area contributed by atoms with Gasteiger partial charge in [-0.15, -0.1) is 0 Å².